The predicted octanol–water partition coefficient (Wildman–Crippen LogP) is 7.35. The first kappa shape index (κ1) is 47.6. The number of hydrogen-bond acceptors (Lipinski definition) is 12. The highest BCUT2D eigenvalue weighted by Gasteiger charge is 2.31. The van der Waals surface area contributed by atoms with Crippen LogP contribution in [0.25, 0.3) is 22.2 Å². The van der Waals surface area contributed by atoms with Crippen LogP contribution >= 0.6 is 0 Å². The van der Waals surface area contributed by atoms with E-state index in [1.54, 1.807) is 24.4 Å². The second-order valence-electron chi connectivity index (χ2n) is 20.1. The van der Waals surface area contributed by atoms with Crippen molar-refractivity contribution in [2.75, 3.05) is 74.4 Å². The number of ether oxygens (including phenoxy) is 1. The fraction of sp³-hybridized carbons (Fsp3) is 0.481. The van der Waals surface area contributed by atoms with Crippen molar-refractivity contribution in [1.29, 1.82) is 0 Å². The Morgan fingerprint density at radius 3 is 2.29 bits per heavy atom. The lowest BCUT2D eigenvalue weighted by molar-refractivity contribution is -0.133. The Labute approximate surface area is 403 Å². The van der Waals surface area contributed by atoms with Gasteiger partial charge in [0.15, 0.2) is 0 Å². The smallest absolute Gasteiger partial charge is 0.413 e. The minimum absolute atomic E-state index is 0.103. The summed E-state index contributed by atoms with van der Waals surface area (Å²) in [6, 6.07) is 19.3. The number of benzene rings is 1. The molecule has 5 aromatic rings. The molecule has 4 fully saturated rings. The van der Waals surface area contributed by atoms with Gasteiger partial charge in [-0.05, 0) is 144 Å². The van der Waals surface area contributed by atoms with Crippen molar-refractivity contribution in [3.63, 3.8) is 0 Å². The molecule has 3 N–H and O–H groups in total. The molecule has 0 saturated carbocycles. The average molecular weight is 942 g/mol. The lowest BCUT2D eigenvalue weighted by Gasteiger charge is -2.39. The zero-order valence-corrected chi connectivity index (χ0v) is 40.3. The van der Waals surface area contributed by atoms with Gasteiger partial charge in [0.25, 0.3) is 5.91 Å². The Bertz CT molecular complexity index is 2660. The molecule has 4 aromatic heterocycles. The molecule has 17 heteroatoms. The van der Waals surface area contributed by atoms with Crippen LogP contribution in [0, 0.1) is 11.9 Å². The normalized spacial score (nSPS) is 19.7. The van der Waals surface area contributed by atoms with Gasteiger partial charge in [-0.3, -0.25) is 34.8 Å². The molecule has 16 nitrogen and oxygen atoms in total. The van der Waals surface area contributed by atoms with Gasteiger partial charge in [0, 0.05) is 99.9 Å². The van der Waals surface area contributed by atoms with Crippen LogP contribution in [0.15, 0.2) is 73.1 Å². The highest BCUT2D eigenvalue weighted by molar-refractivity contribution is 6.01. The van der Waals surface area contributed by atoms with E-state index in [0.717, 1.165) is 112 Å². The number of aryl methyl sites for hydroxylation is 1. The van der Waals surface area contributed by atoms with Gasteiger partial charge >= 0.3 is 6.09 Å². The number of nitrogens with one attached hydrogen (secondary N) is 3. The molecule has 2 atom stereocenters. The summed E-state index contributed by atoms with van der Waals surface area (Å²) in [5.74, 6) is 0.612. The molecule has 4 amide bonds. The third-order valence-corrected chi connectivity index (χ3v) is 14.3. The first-order valence-electron chi connectivity index (χ1n) is 24.4. The molecule has 4 aliphatic rings. The lowest BCUT2D eigenvalue weighted by atomic mass is 9.88. The van der Waals surface area contributed by atoms with Crippen LogP contribution in [0.4, 0.5) is 26.5 Å². The van der Waals surface area contributed by atoms with E-state index in [1.807, 2.05) is 56.1 Å². The van der Waals surface area contributed by atoms with E-state index in [4.69, 9.17) is 9.72 Å². The summed E-state index contributed by atoms with van der Waals surface area (Å²) < 4.78 is 22.6. The van der Waals surface area contributed by atoms with Crippen LogP contribution in [0.2, 0.25) is 0 Å². The van der Waals surface area contributed by atoms with E-state index in [1.165, 1.54) is 11.3 Å². The molecule has 0 radical (unpaired) electrons. The number of aromatic nitrogens is 4. The van der Waals surface area contributed by atoms with Gasteiger partial charge < -0.3 is 24.4 Å². The summed E-state index contributed by atoms with van der Waals surface area (Å²) in [6.07, 6.45) is 7.60. The standard InChI is InChI=1S/C52H64FN11O5/c1-33(43-30-40-39(16-21-54-48(40)60(43)5)38-10-13-44(55-31-38)57-51(68)69-52(2,3)4)62-24-19-36(20-25-62)35-6-8-37(9-7-35)50(67)64-22-17-34(18-23-64)32-61-26-28-63(29-27-61)45-14-11-41(47(53)58-45)56-42-12-15-46(65)59-49(42)66/h6-11,13-14,16,21,30-31,33-34,36,42,56H,12,15,17-20,22-29,32H2,1-5H3,(H,55,57,68)(H,59,65,66)/t33-,42?/m0/s1. The van der Waals surface area contributed by atoms with Gasteiger partial charge in [-0.25, -0.2) is 19.7 Å². The van der Waals surface area contributed by atoms with Crippen LogP contribution in [-0.4, -0.2) is 129 Å². The number of carbonyl (C=O) groups excluding carboxylic acids is 4. The highest BCUT2D eigenvalue weighted by atomic mass is 19.1. The van der Waals surface area contributed by atoms with Crippen molar-refractivity contribution in [1.82, 2.24) is 39.5 Å². The van der Waals surface area contributed by atoms with Gasteiger partial charge in [0.2, 0.25) is 17.8 Å². The second-order valence-corrected chi connectivity index (χ2v) is 20.1. The fourth-order valence-corrected chi connectivity index (χ4v) is 10.4. The summed E-state index contributed by atoms with van der Waals surface area (Å²) in [7, 11) is 2.08. The number of nitrogens with zero attached hydrogens (tertiary/aromatic N) is 8. The van der Waals surface area contributed by atoms with Crippen LogP contribution in [0.1, 0.15) is 99.8 Å². The maximum absolute atomic E-state index is 15.0. The molecule has 4 aliphatic heterocycles. The number of likely N-dealkylation sites (tertiary alicyclic amines) is 2. The number of piperazine rings is 1. The monoisotopic (exact) mass is 942 g/mol. The van der Waals surface area contributed by atoms with Crippen LogP contribution in [0.5, 0.6) is 0 Å². The van der Waals surface area contributed by atoms with Gasteiger partial charge in [0.1, 0.15) is 28.9 Å². The minimum Gasteiger partial charge on any atom is -0.444 e. The Balaban J connectivity index is 0.715. The average Bonchev–Trinajstić information content (AvgIpc) is 3.68. The number of piperidine rings is 3. The Morgan fingerprint density at radius 2 is 1.62 bits per heavy atom. The largest absolute Gasteiger partial charge is 0.444 e. The predicted molar refractivity (Wildman–Crippen MR) is 263 cm³/mol. The van der Waals surface area contributed by atoms with E-state index in [9.17, 15) is 23.6 Å². The first-order valence-corrected chi connectivity index (χ1v) is 24.4. The topological polar surface area (TPSA) is 170 Å². The van der Waals surface area contributed by atoms with Gasteiger partial charge in [-0.15, -0.1) is 0 Å². The summed E-state index contributed by atoms with van der Waals surface area (Å²) in [4.78, 5) is 72.1. The minimum atomic E-state index is -0.670. The third-order valence-electron chi connectivity index (χ3n) is 14.3. The SMILES string of the molecule is C[C@@H](c1cc2c(-c3ccc(NC(=O)OC(C)(C)C)nc3)ccnc2n1C)N1CCC(c2ccc(C(=O)N3CCC(CN4CCN(c5ccc(NC6CCC(=O)NC6=O)c(F)n5)CC4)CC3)cc2)CC1. The fourth-order valence-electron chi connectivity index (χ4n) is 10.4. The number of amides is 4. The highest BCUT2D eigenvalue weighted by Crippen LogP contribution is 2.36. The maximum Gasteiger partial charge on any atom is 0.413 e. The van der Waals surface area contributed by atoms with E-state index >= 15 is 0 Å². The lowest BCUT2D eigenvalue weighted by Crippen LogP contribution is -2.49. The summed E-state index contributed by atoms with van der Waals surface area (Å²) in [5.41, 5.74) is 5.66. The zero-order chi connectivity index (χ0) is 48.4. The molecule has 364 valence electrons. The zero-order valence-electron chi connectivity index (χ0n) is 40.3. The second kappa shape index (κ2) is 20.2. The molecule has 1 unspecified atom stereocenters. The van der Waals surface area contributed by atoms with Gasteiger partial charge in [0.05, 0.1) is 5.69 Å². The Hall–Kier alpha value is -6.46. The van der Waals surface area contributed by atoms with E-state index in [0.29, 0.717) is 29.9 Å². The number of anilines is 3. The summed E-state index contributed by atoms with van der Waals surface area (Å²) in [6.45, 7) is 15.3. The molecular weight excluding hydrogens is 878 g/mol. The van der Waals surface area contributed by atoms with Crippen molar-refractivity contribution in [3.05, 3.63) is 95.8 Å². The number of carbonyl (C=O) groups is 4. The summed E-state index contributed by atoms with van der Waals surface area (Å²) >= 11 is 0. The molecule has 0 bridgehead atoms. The molecule has 69 heavy (non-hydrogen) atoms. The van der Waals surface area contributed by atoms with Crippen molar-refractivity contribution >= 4 is 52.2 Å². The van der Waals surface area contributed by atoms with Crippen LogP contribution in [0.3, 0.4) is 0 Å². The number of hydrogen-bond donors (Lipinski definition) is 3. The van der Waals surface area contributed by atoms with Crippen molar-refractivity contribution in [3.8, 4) is 11.1 Å². The molecule has 0 aliphatic carbocycles. The first-order chi connectivity index (χ1) is 33.2. The third kappa shape index (κ3) is 11.0. The van der Waals surface area contributed by atoms with E-state index in [2.05, 4.69) is 77.4 Å². The molecule has 9 rings (SSSR count). The Kier molecular flexibility index (Phi) is 14.0. The maximum atomic E-state index is 15.0. The Morgan fingerprint density at radius 1 is 0.884 bits per heavy atom. The van der Waals surface area contributed by atoms with E-state index in [-0.39, 0.29) is 30.0 Å². The number of rotatable bonds is 11. The van der Waals surface area contributed by atoms with Crippen LogP contribution in [-0.2, 0) is 21.4 Å². The van der Waals surface area contributed by atoms with Crippen LogP contribution < -0.4 is 20.9 Å². The van der Waals surface area contributed by atoms with E-state index < -0.39 is 29.6 Å². The van der Waals surface area contributed by atoms with Gasteiger partial charge in [-0.1, -0.05) is 12.1 Å². The number of imide groups is 1. The number of pyridine rings is 3. The molecule has 4 saturated heterocycles. The number of halogens is 1. The van der Waals surface area contributed by atoms with Crippen molar-refractivity contribution in [2.45, 2.75) is 89.8 Å². The quantitative estimate of drug-likeness (QED) is 0.0891. The molecular formula is C52H64FN11O5. The van der Waals surface area contributed by atoms with Crippen molar-refractivity contribution in [2.24, 2.45) is 13.0 Å². The molecule has 8 heterocycles. The summed E-state index contributed by atoms with van der Waals surface area (Å²) in [5, 5.41) is 8.94. The molecule has 0 spiro atoms. The van der Waals surface area contributed by atoms with Gasteiger partial charge in [-0.2, -0.15) is 4.39 Å². The van der Waals surface area contributed by atoms with Crippen molar-refractivity contribution < 1.29 is 28.3 Å². The molecule has 1 aromatic carbocycles. The number of fused-ring (bicyclic) bond motifs is 1.